The van der Waals surface area contributed by atoms with Gasteiger partial charge in [-0.3, -0.25) is 4.79 Å². The molecule has 146 valence electrons. The molecule has 1 aromatic heterocycles. The lowest BCUT2D eigenvalue weighted by molar-refractivity contribution is -0.312. The maximum absolute atomic E-state index is 13.0. The molecule has 5 nitrogen and oxygen atoms in total. The first-order valence-corrected chi connectivity index (χ1v) is 9.20. The maximum atomic E-state index is 13.0. The number of carbonyl (C=O) groups excluding carboxylic acids is 1. The Morgan fingerprint density at radius 1 is 1.14 bits per heavy atom. The molecule has 0 aliphatic carbocycles. The van der Waals surface area contributed by atoms with Crippen molar-refractivity contribution in [2.75, 3.05) is 0 Å². The third-order valence-corrected chi connectivity index (χ3v) is 4.69. The van der Waals surface area contributed by atoms with Gasteiger partial charge in [0.15, 0.2) is 5.76 Å². The molecular weight excluding hydrogens is 380 g/mol. The van der Waals surface area contributed by atoms with Crippen LogP contribution in [0.5, 0.6) is 5.75 Å². The van der Waals surface area contributed by atoms with Gasteiger partial charge in [0.05, 0.1) is 11.4 Å². The van der Waals surface area contributed by atoms with Crippen LogP contribution in [0.3, 0.4) is 0 Å². The summed E-state index contributed by atoms with van der Waals surface area (Å²) in [5.41, 5.74) is 1.51. The van der Waals surface area contributed by atoms with Crippen molar-refractivity contribution in [3.63, 3.8) is 0 Å². The van der Waals surface area contributed by atoms with Crippen LogP contribution in [-0.2, 0) is 10.2 Å². The van der Waals surface area contributed by atoms with E-state index in [0.717, 1.165) is 5.56 Å². The summed E-state index contributed by atoms with van der Waals surface area (Å²) in [6.07, 6.45) is -1.33. The Kier molecular flexibility index (Phi) is 5.22. The topological polar surface area (TPSA) is 79.6 Å². The van der Waals surface area contributed by atoms with Crippen LogP contribution in [-0.4, -0.2) is 12.1 Å². The van der Waals surface area contributed by atoms with Crippen molar-refractivity contribution < 1.29 is 19.1 Å². The van der Waals surface area contributed by atoms with E-state index in [2.05, 4.69) is 20.8 Å². The molecule has 0 unspecified atom stereocenters. The Bertz CT molecular complexity index is 1090. The van der Waals surface area contributed by atoms with Crippen LogP contribution in [0.2, 0.25) is 5.02 Å². The number of ether oxygens (including phenoxy) is 1. The SMILES string of the molecule is C[C@@H](Oc1c(-c2ccc(C(C)(C)C)cc2)oc2ccc(Cl)cc2c1=O)C(=O)[O-]. The quantitative estimate of drug-likeness (QED) is 0.664. The van der Waals surface area contributed by atoms with Gasteiger partial charge in [0, 0.05) is 10.6 Å². The molecule has 3 aromatic rings. The van der Waals surface area contributed by atoms with Crippen LogP contribution in [0.1, 0.15) is 33.3 Å². The van der Waals surface area contributed by atoms with Gasteiger partial charge in [-0.2, -0.15) is 0 Å². The molecule has 0 saturated heterocycles. The lowest BCUT2D eigenvalue weighted by atomic mass is 9.86. The summed E-state index contributed by atoms with van der Waals surface area (Å²) in [6.45, 7) is 7.58. The smallest absolute Gasteiger partial charge is 0.235 e. The first kappa shape index (κ1) is 20.0. The van der Waals surface area contributed by atoms with Crippen molar-refractivity contribution in [3.05, 3.63) is 63.3 Å². The van der Waals surface area contributed by atoms with Crippen molar-refractivity contribution in [2.24, 2.45) is 0 Å². The highest BCUT2D eigenvalue weighted by atomic mass is 35.5. The number of halogens is 1. The molecule has 1 atom stereocenters. The minimum absolute atomic E-state index is 0.0394. The highest BCUT2D eigenvalue weighted by molar-refractivity contribution is 6.31. The van der Waals surface area contributed by atoms with Crippen LogP contribution in [0.15, 0.2) is 51.7 Å². The predicted octanol–water partition coefficient (Wildman–Crippen LogP) is 3.93. The predicted molar refractivity (Wildman–Crippen MR) is 107 cm³/mol. The summed E-state index contributed by atoms with van der Waals surface area (Å²) in [5, 5.41) is 11.7. The van der Waals surface area contributed by atoms with Crippen LogP contribution in [0.4, 0.5) is 0 Å². The van der Waals surface area contributed by atoms with Crippen molar-refractivity contribution in [1.82, 2.24) is 0 Å². The normalized spacial score (nSPS) is 12.8. The van der Waals surface area contributed by atoms with Crippen molar-refractivity contribution >= 4 is 28.5 Å². The van der Waals surface area contributed by atoms with Crippen molar-refractivity contribution in [3.8, 4) is 17.1 Å². The van der Waals surface area contributed by atoms with Gasteiger partial charge in [-0.25, -0.2) is 0 Å². The lowest BCUT2D eigenvalue weighted by Crippen LogP contribution is -2.38. The van der Waals surface area contributed by atoms with E-state index < -0.39 is 17.5 Å². The number of carboxylic acids is 1. The molecule has 0 bridgehead atoms. The Balaban J connectivity index is 2.23. The first-order chi connectivity index (χ1) is 13.1. The van der Waals surface area contributed by atoms with Crippen molar-refractivity contribution in [2.45, 2.75) is 39.2 Å². The molecule has 1 heterocycles. The van der Waals surface area contributed by atoms with Crippen LogP contribution >= 0.6 is 11.6 Å². The van der Waals surface area contributed by atoms with Gasteiger partial charge in [0.25, 0.3) is 0 Å². The average Bonchev–Trinajstić information content (AvgIpc) is 2.63. The standard InChI is InChI=1S/C22H21ClO5/c1-12(21(25)26)27-20-18(24)16-11-15(23)9-10-17(16)28-19(20)13-5-7-14(8-6-13)22(2,3)4/h5-12H,1-4H3,(H,25,26)/p-1/t12-/m1/s1. The molecule has 0 fully saturated rings. The van der Waals surface area contributed by atoms with Gasteiger partial charge in [-0.15, -0.1) is 0 Å². The van der Waals surface area contributed by atoms with E-state index in [0.29, 0.717) is 16.2 Å². The van der Waals surface area contributed by atoms with E-state index >= 15 is 0 Å². The molecule has 0 radical (unpaired) electrons. The summed E-state index contributed by atoms with van der Waals surface area (Å²) in [4.78, 5) is 24.1. The van der Waals surface area contributed by atoms with E-state index in [9.17, 15) is 14.7 Å². The Morgan fingerprint density at radius 3 is 2.36 bits per heavy atom. The van der Waals surface area contributed by atoms with Gasteiger partial charge in [-0.1, -0.05) is 56.6 Å². The zero-order valence-electron chi connectivity index (χ0n) is 16.0. The van der Waals surface area contributed by atoms with E-state index in [1.54, 1.807) is 12.1 Å². The number of carbonyl (C=O) groups is 1. The summed E-state index contributed by atoms with van der Waals surface area (Å²) in [6, 6.07) is 12.2. The zero-order valence-corrected chi connectivity index (χ0v) is 16.8. The largest absolute Gasteiger partial charge is 0.546 e. The van der Waals surface area contributed by atoms with Crippen LogP contribution in [0.25, 0.3) is 22.3 Å². The Morgan fingerprint density at radius 2 is 1.79 bits per heavy atom. The highest BCUT2D eigenvalue weighted by Crippen LogP contribution is 2.33. The number of carboxylic acid groups (broad SMARTS) is 1. The van der Waals surface area contributed by atoms with Gasteiger partial charge >= 0.3 is 0 Å². The summed E-state index contributed by atoms with van der Waals surface area (Å²) >= 11 is 5.99. The molecule has 2 aromatic carbocycles. The molecular formula is C22H20ClO5-. The number of hydrogen-bond acceptors (Lipinski definition) is 5. The molecule has 0 spiro atoms. The van der Waals surface area contributed by atoms with Crippen LogP contribution < -0.4 is 15.3 Å². The molecule has 0 amide bonds. The van der Waals surface area contributed by atoms with Gasteiger partial charge in [0.1, 0.15) is 11.7 Å². The number of hydrogen-bond donors (Lipinski definition) is 0. The van der Waals surface area contributed by atoms with Gasteiger partial charge in [0.2, 0.25) is 11.2 Å². The summed E-state index contributed by atoms with van der Waals surface area (Å²) < 4.78 is 11.4. The first-order valence-electron chi connectivity index (χ1n) is 8.82. The molecule has 0 aliphatic rings. The minimum atomic E-state index is -1.43. The fourth-order valence-electron chi connectivity index (χ4n) is 2.79. The second-order valence-corrected chi connectivity index (χ2v) is 8.07. The summed E-state index contributed by atoms with van der Waals surface area (Å²) in [7, 11) is 0. The average molecular weight is 400 g/mol. The van der Waals surface area contributed by atoms with E-state index in [-0.39, 0.29) is 22.3 Å². The molecule has 28 heavy (non-hydrogen) atoms. The third kappa shape index (κ3) is 3.90. The monoisotopic (exact) mass is 399 g/mol. The Hall–Kier alpha value is -2.79. The fraction of sp³-hybridized carbons (Fsp3) is 0.273. The second kappa shape index (κ2) is 7.32. The Labute approximate surface area is 167 Å². The van der Waals surface area contributed by atoms with E-state index in [1.807, 2.05) is 24.3 Å². The fourth-order valence-corrected chi connectivity index (χ4v) is 2.97. The molecule has 0 N–H and O–H groups in total. The summed E-state index contributed by atoms with van der Waals surface area (Å²) in [5.74, 6) is -1.46. The molecule has 0 saturated carbocycles. The van der Waals surface area contributed by atoms with E-state index in [4.69, 9.17) is 20.8 Å². The zero-order chi connectivity index (χ0) is 20.6. The third-order valence-electron chi connectivity index (χ3n) is 4.45. The van der Waals surface area contributed by atoms with E-state index in [1.165, 1.54) is 13.0 Å². The molecule has 0 aliphatic heterocycles. The van der Waals surface area contributed by atoms with Gasteiger partial charge < -0.3 is 19.1 Å². The second-order valence-electron chi connectivity index (χ2n) is 7.64. The number of benzene rings is 2. The highest BCUT2D eigenvalue weighted by Gasteiger charge is 2.21. The molecule has 6 heteroatoms. The molecule has 3 rings (SSSR count). The van der Waals surface area contributed by atoms with Gasteiger partial charge in [-0.05, 0) is 36.1 Å². The number of aliphatic carboxylic acids is 1. The number of fused-ring (bicyclic) bond motifs is 1. The maximum Gasteiger partial charge on any atom is 0.235 e. The minimum Gasteiger partial charge on any atom is -0.546 e. The lowest BCUT2D eigenvalue weighted by Gasteiger charge is -2.20. The van der Waals surface area contributed by atoms with Crippen molar-refractivity contribution in [1.29, 1.82) is 0 Å². The van der Waals surface area contributed by atoms with Crippen LogP contribution in [0, 0.1) is 0 Å². The number of rotatable bonds is 4.